The topological polar surface area (TPSA) is 32.3 Å². The molecule has 1 heterocycles. The minimum Gasteiger partial charge on any atom is -0.384 e. The third-order valence-electron chi connectivity index (χ3n) is 3.26. The average Bonchev–Trinajstić information content (AvgIpc) is 2.72. The Morgan fingerprint density at radius 3 is 3.00 bits per heavy atom. The Kier molecular flexibility index (Phi) is 3.13. The first-order valence-corrected chi connectivity index (χ1v) is 5.79. The van der Waals surface area contributed by atoms with E-state index >= 15 is 0 Å². The van der Waals surface area contributed by atoms with Crippen LogP contribution < -0.4 is 5.32 Å². The summed E-state index contributed by atoms with van der Waals surface area (Å²) in [6.45, 7) is 3.65. The summed E-state index contributed by atoms with van der Waals surface area (Å²) < 4.78 is 0. The molecule has 1 N–H and O–H groups in total. The van der Waals surface area contributed by atoms with Crippen LogP contribution in [0.1, 0.15) is 24.8 Å². The molecule has 3 heteroatoms. The van der Waals surface area contributed by atoms with Gasteiger partial charge in [0, 0.05) is 38.2 Å². The highest BCUT2D eigenvalue weighted by Gasteiger charge is 2.24. The largest absolute Gasteiger partial charge is 0.384 e. The third kappa shape index (κ3) is 2.03. The normalized spacial score (nSPS) is 17.8. The monoisotopic (exact) mass is 218 g/mol. The van der Waals surface area contributed by atoms with Gasteiger partial charge >= 0.3 is 0 Å². The molecule has 2 rings (SSSR count). The second-order valence-corrected chi connectivity index (χ2v) is 4.28. The number of nitrogens with one attached hydrogen (secondary N) is 1. The first kappa shape index (κ1) is 11.0. The lowest BCUT2D eigenvalue weighted by molar-refractivity contribution is -0.130. The molecule has 0 saturated heterocycles. The summed E-state index contributed by atoms with van der Waals surface area (Å²) in [5.41, 5.74) is 2.46. The van der Waals surface area contributed by atoms with Crippen molar-refractivity contribution in [3.63, 3.8) is 0 Å². The summed E-state index contributed by atoms with van der Waals surface area (Å²) in [4.78, 5) is 13.6. The number of nitrogens with zero attached hydrogens (tertiary/aromatic N) is 1. The minimum absolute atomic E-state index is 0.228. The lowest BCUT2D eigenvalue weighted by atomic mass is 9.97. The number of fused-ring (bicyclic) bond motifs is 1. The number of amides is 1. The van der Waals surface area contributed by atoms with Crippen LogP contribution >= 0.6 is 0 Å². The van der Waals surface area contributed by atoms with E-state index in [1.165, 1.54) is 11.3 Å². The van der Waals surface area contributed by atoms with E-state index in [1.54, 1.807) is 4.90 Å². The standard InChI is InChI=1S/C13H18N2O/c1-3-15(2)13(16)8-10-9-14-12-7-5-4-6-11(10)12/h4-7,10,14H,3,8-9H2,1-2H3. The Balaban J connectivity index is 2.06. The molecule has 1 aliphatic heterocycles. The molecule has 1 aromatic carbocycles. The summed E-state index contributed by atoms with van der Waals surface area (Å²) in [6, 6.07) is 8.24. The van der Waals surface area contributed by atoms with E-state index in [2.05, 4.69) is 17.4 Å². The van der Waals surface area contributed by atoms with Crippen LogP contribution in [0.4, 0.5) is 5.69 Å². The fourth-order valence-corrected chi connectivity index (χ4v) is 2.08. The molecule has 0 aromatic heterocycles. The van der Waals surface area contributed by atoms with E-state index in [4.69, 9.17) is 0 Å². The number of carbonyl (C=O) groups is 1. The van der Waals surface area contributed by atoms with E-state index in [0.29, 0.717) is 12.3 Å². The van der Waals surface area contributed by atoms with Gasteiger partial charge in [-0.3, -0.25) is 4.79 Å². The molecular formula is C13H18N2O. The highest BCUT2D eigenvalue weighted by molar-refractivity contribution is 5.78. The Hall–Kier alpha value is -1.51. The quantitative estimate of drug-likeness (QED) is 0.842. The number of anilines is 1. The highest BCUT2D eigenvalue weighted by Crippen LogP contribution is 2.33. The fourth-order valence-electron chi connectivity index (χ4n) is 2.08. The van der Waals surface area contributed by atoms with Crippen molar-refractivity contribution >= 4 is 11.6 Å². The van der Waals surface area contributed by atoms with Crippen molar-refractivity contribution in [2.45, 2.75) is 19.3 Å². The molecule has 16 heavy (non-hydrogen) atoms. The molecule has 1 unspecified atom stereocenters. The van der Waals surface area contributed by atoms with Crippen LogP contribution in [0, 0.1) is 0 Å². The first-order valence-electron chi connectivity index (χ1n) is 5.79. The van der Waals surface area contributed by atoms with Gasteiger partial charge in [-0.2, -0.15) is 0 Å². The lowest BCUT2D eigenvalue weighted by Crippen LogP contribution is -2.28. The predicted octanol–water partition coefficient (Wildman–Crippen LogP) is 2.06. The molecular weight excluding hydrogens is 200 g/mol. The van der Waals surface area contributed by atoms with Crippen molar-refractivity contribution < 1.29 is 4.79 Å². The van der Waals surface area contributed by atoms with Crippen molar-refractivity contribution in [3.8, 4) is 0 Å². The maximum absolute atomic E-state index is 11.8. The molecule has 0 radical (unpaired) electrons. The van der Waals surface area contributed by atoms with Gasteiger partial charge in [-0.05, 0) is 18.6 Å². The van der Waals surface area contributed by atoms with E-state index in [1.807, 2.05) is 26.1 Å². The van der Waals surface area contributed by atoms with Crippen LogP contribution in [-0.2, 0) is 4.79 Å². The number of hydrogen-bond donors (Lipinski definition) is 1. The number of benzene rings is 1. The Morgan fingerprint density at radius 2 is 2.25 bits per heavy atom. The molecule has 1 aromatic rings. The van der Waals surface area contributed by atoms with Gasteiger partial charge in [-0.25, -0.2) is 0 Å². The zero-order chi connectivity index (χ0) is 11.5. The SMILES string of the molecule is CCN(C)C(=O)CC1CNc2ccccc21. The van der Waals surface area contributed by atoms with Crippen LogP contribution in [0.5, 0.6) is 0 Å². The summed E-state index contributed by atoms with van der Waals surface area (Å²) in [5.74, 6) is 0.559. The lowest BCUT2D eigenvalue weighted by Gasteiger charge is -2.17. The maximum atomic E-state index is 11.8. The second-order valence-electron chi connectivity index (χ2n) is 4.28. The van der Waals surface area contributed by atoms with Gasteiger partial charge in [0.15, 0.2) is 0 Å². The van der Waals surface area contributed by atoms with Crippen molar-refractivity contribution in [1.82, 2.24) is 4.90 Å². The first-order chi connectivity index (χ1) is 7.72. The molecule has 1 atom stereocenters. The van der Waals surface area contributed by atoms with Gasteiger partial charge in [0.2, 0.25) is 5.91 Å². The molecule has 3 nitrogen and oxygen atoms in total. The van der Waals surface area contributed by atoms with Crippen molar-refractivity contribution in [1.29, 1.82) is 0 Å². The van der Waals surface area contributed by atoms with E-state index < -0.39 is 0 Å². The van der Waals surface area contributed by atoms with Crippen LogP contribution in [-0.4, -0.2) is 30.9 Å². The minimum atomic E-state index is 0.228. The third-order valence-corrected chi connectivity index (χ3v) is 3.26. The van der Waals surface area contributed by atoms with Gasteiger partial charge in [0.05, 0.1) is 0 Å². The van der Waals surface area contributed by atoms with Crippen LogP contribution in [0.3, 0.4) is 0 Å². The van der Waals surface area contributed by atoms with E-state index in [9.17, 15) is 4.79 Å². The molecule has 0 saturated carbocycles. The summed E-state index contributed by atoms with van der Waals surface area (Å²) >= 11 is 0. The highest BCUT2D eigenvalue weighted by atomic mass is 16.2. The van der Waals surface area contributed by atoms with Gasteiger partial charge in [0.1, 0.15) is 0 Å². The summed E-state index contributed by atoms with van der Waals surface area (Å²) in [5, 5.41) is 3.34. The predicted molar refractivity (Wildman–Crippen MR) is 65.6 cm³/mol. The van der Waals surface area contributed by atoms with E-state index in [-0.39, 0.29) is 5.91 Å². The molecule has 86 valence electrons. The number of rotatable bonds is 3. The second kappa shape index (κ2) is 4.56. The van der Waals surface area contributed by atoms with Crippen LogP contribution in [0.25, 0.3) is 0 Å². The smallest absolute Gasteiger partial charge is 0.222 e. The zero-order valence-electron chi connectivity index (χ0n) is 9.86. The van der Waals surface area contributed by atoms with Crippen LogP contribution in [0.15, 0.2) is 24.3 Å². The van der Waals surface area contributed by atoms with Crippen molar-refractivity contribution in [2.75, 3.05) is 25.5 Å². The fraction of sp³-hybridized carbons (Fsp3) is 0.462. The maximum Gasteiger partial charge on any atom is 0.222 e. The molecule has 1 aliphatic rings. The Labute approximate surface area is 96.5 Å². The zero-order valence-corrected chi connectivity index (χ0v) is 9.86. The molecule has 0 aliphatic carbocycles. The summed E-state index contributed by atoms with van der Waals surface area (Å²) in [7, 11) is 1.86. The van der Waals surface area contributed by atoms with Gasteiger partial charge in [-0.1, -0.05) is 18.2 Å². The molecule has 0 bridgehead atoms. The van der Waals surface area contributed by atoms with Gasteiger partial charge in [-0.15, -0.1) is 0 Å². The van der Waals surface area contributed by atoms with Crippen molar-refractivity contribution in [2.24, 2.45) is 0 Å². The Bertz CT molecular complexity index is 389. The molecule has 1 amide bonds. The molecule has 0 spiro atoms. The van der Waals surface area contributed by atoms with Crippen LogP contribution in [0.2, 0.25) is 0 Å². The summed E-state index contributed by atoms with van der Waals surface area (Å²) in [6.07, 6.45) is 0.606. The van der Waals surface area contributed by atoms with Gasteiger partial charge < -0.3 is 10.2 Å². The van der Waals surface area contributed by atoms with Gasteiger partial charge in [0.25, 0.3) is 0 Å². The Morgan fingerprint density at radius 1 is 1.50 bits per heavy atom. The van der Waals surface area contributed by atoms with Crippen molar-refractivity contribution in [3.05, 3.63) is 29.8 Å². The number of hydrogen-bond acceptors (Lipinski definition) is 2. The molecule has 0 fully saturated rings. The number of para-hydroxylation sites is 1. The average molecular weight is 218 g/mol. The number of carbonyl (C=O) groups excluding carboxylic acids is 1. The van der Waals surface area contributed by atoms with E-state index in [0.717, 1.165) is 13.1 Å².